The average molecular weight is 274 g/mol. The van der Waals surface area contributed by atoms with E-state index in [0.717, 1.165) is 36.8 Å². The molecule has 0 radical (unpaired) electrons. The third kappa shape index (κ3) is 3.14. The van der Waals surface area contributed by atoms with Crippen molar-refractivity contribution in [1.29, 1.82) is 0 Å². The Balaban J connectivity index is 1.68. The molecule has 3 nitrogen and oxygen atoms in total. The summed E-state index contributed by atoms with van der Waals surface area (Å²) in [5, 5.41) is 6.78. The fourth-order valence-electron chi connectivity index (χ4n) is 2.31. The van der Waals surface area contributed by atoms with Gasteiger partial charge in [0.15, 0.2) is 0 Å². The van der Waals surface area contributed by atoms with Crippen molar-refractivity contribution < 1.29 is 4.74 Å². The molecule has 0 atom stereocenters. The molecule has 0 unspecified atom stereocenters. The van der Waals surface area contributed by atoms with Crippen LogP contribution in [-0.4, -0.2) is 24.2 Å². The lowest BCUT2D eigenvalue weighted by atomic mass is 10.1. The van der Waals surface area contributed by atoms with Crippen LogP contribution < -0.4 is 5.32 Å². The number of nitrogens with zero attached hydrogens (tertiary/aromatic N) is 1. The highest BCUT2D eigenvalue weighted by atomic mass is 32.1. The molecule has 1 saturated heterocycles. The van der Waals surface area contributed by atoms with Crippen molar-refractivity contribution in [3.63, 3.8) is 0 Å². The SMILES string of the molecule is Cc1nc(-c2ccc(NC3CCOCC3)cc2)cs1. The van der Waals surface area contributed by atoms with E-state index in [9.17, 15) is 0 Å². The number of thiazole rings is 1. The molecule has 100 valence electrons. The maximum absolute atomic E-state index is 5.37. The molecule has 1 N–H and O–H groups in total. The first kappa shape index (κ1) is 12.6. The summed E-state index contributed by atoms with van der Waals surface area (Å²) in [6.45, 7) is 3.77. The van der Waals surface area contributed by atoms with Crippen LogP contribution in [0.15, 0.2) is 29.6 Å². The average Bonchev–Trinajstić information content (AvgIpc) is 2.87. The van der Waals surface area contributed by atoms with Crippen LogP contribution in [0.4, 0.5) is 5.69 Å². The van der Waals surface area contributed by atoms with E-state index < -0.39 is 0 Å². The van der Waals surface area contributed by atoms with Crippen LogP contribution in [0.3, 0.4) is 0 Å². The monoisotopic (exact) mass is 274 g/mol. The lowest BCUT2D eigenvalue weighted by molar-refractivity contribution is 0.0904. The fourth-order valence-corrected chi connectivity index (χ4v) is 2.93. The number of aryl methyl sites for hydroxylation is 1. The molecule has 1 aliphatic heterocycles. The number of benzene rings is 1. The molecule has 0 aliphatic carbocycles. The molecular weight excluding hydrogens is 256 g/mol. The van der Waals surface area contributed by atoms with Crippen LogP contribution in [0.2, 0.25) is 0 Å². The van der Waals surface area contributed by atoms with E-state index in [1.165, 1.54) is 11.3 Å². The molecule has 1 aromatic carbocycles. The van der Waals surface area contributed by atoms with Gasteiger partial charge in [-0.25, -0.2) is 4.98 Å². The van der Waals surface area contributed by atoms with Crippen molar-refractivity contribution in [3.8, 4) is 11.3 Å². The van der Waals surface area contributed by atoms with Gasteiger partial charge in [-0.3, -0.25) is 0 Å². The lowest BCUT2D eigenvalue weighted by Gasteiger charge is -2.24. The second-order valence-corrected chi connectivity index (χ2v) is 5.92. The Bertz CT molecular complexity index is 529. The number of aromatic nitrogens is 1. The highest BCUT2D eigenvalue weighted by molar-refractivity contribution is 7.09. The largest absolute Gasteiger partial charge is 0.382 e. The van der Waals surface area contributed by atoms with Crippen LogP contribution in [-0.2, 0) is 4.74 Å². The second-order valence-electron chi connectivity index (χ2n) is 4.86. The van der Waals surface area contributed by atoms with Gasteiger partial charge in [-0.1, -0.05) is 12.1 Å². The van der Waals surface area contributed by atoms with Crippen molar-refractivity contribution in [2.45, 2.75) is 25.8 Å². The summed E-state index contributed by atoms with van der Waals surface area (Å²) >= 11 is 1.69. The normalized spacial score (nSPS) is 16.5. The van der Waals surface area contributed by atoms with Gasteiger partial charge in [0, 0.05) is 35.9 Å². The summed E-state index contributed by atoms with van der Waals surface area (Å²) in [5.41, 5.74) is 3.43. The van der Waals surface area contributed by atoms with Crippen molar-refractivity contribution in [1.82, 2.24) is 4.98 Å². The van der Waals surface area contributed by atoms with Crippen LogP contribution in [0.25, 0.3) is 11.3 Å². The molecule has 1 fully saturated rings. The van der Waals surface area contributed by atoms with E-state index in [2.05, 4.69) is 39.9 Å². The van der Waals surface area contributed by atoms with Crippen molar-refractivity contribution in [2.75, 3.05) is 18.5 Å². The standard InChI is InChI=1S/C15H18N2OS/c1-11-16-15(10-19-11)12-2-4-13(5-3-12)17-14-6-8-18-9-7-14/h2-5,10,14,17H,6-9H2,1H3. The Morgan fingerprint density at radius 3 is 2.58 bits per heavy atom. The van der Waals surface area contributed by atoms with Crippen LogP contribution >= 0.6 is 11.3 Å². The zero-order valence-corrected chi connectivity index (χ0v) is 11.9. The topological polar surface area (TPSA) is 34.2 Å². The van der Waals surface area contributed by atoms with E-state index in [0.29, 0.717) is 6.04 Å². The minimum atomic E-state index is 0.543. The predicted molar refractivity (Wildman–Crippen MR) is 79.8 cm³/mol. The Morgan fingerprint density at radius 1 is 1.21 bits per heavy atom. The summed E-state index contributed by atoms with van der Waals surface area (Å²) in [6, 6.07) is 9.09. The van der Waals surface area contributed by atoms with Gasteiger partial charge >= 0.3 is 0 Å². The molecule has 2 aromatic rings. The summed E-state index contributed by atoms with van der Waals surface area (Å²) in [5.74, 6) is 0. The first-order valence-corrected chi connectivity index (χ1v) is 7.56. The first-order chi connectivity index (χ1) is 9.31. The molecule has 4 heteroatoms. The lowest BCUT2D eigenvalue weighted by Crippen LogP contribution is -2.27. The van der Waals surface area contributed by atoms with E-state index >= 15 is 0 Å². The molecule has 1 aromatic heterocycles. The predicted octanol–water partition coefficient (Wildman–Crippen LogP) is 3.71. The number of nitrogens with one attached hydrogen (secondary N) is 1. The molecule has 0 spiro atoms. The van der Waals surface area contributed by atoms with Gasteiger partial charge in [-0.05, 0) is 31.9 Å². The smallest absolute Gasteiger partial charge is 0.0901 e. The summed E-state index contributed by atoms with van der Waals surface area (Å²) < 4.78 is 5.37. The van der Waals surface area contributed by atoms with Crippen LogP contribution in [0, 0.1) is 6.92 Å². The highest BCUT2D eigenvalue weighted by Crippen LogP contribution is 2.24. The number of hydrogen-bond donors (Lipinski definition) is 1. The molecule has 1 aliphatic rings. The zero-order chi connectivity index (χ0) is 13.1. The number of hydrogen-bond acceptors (Lipinski definition) is 4. The summed E-state index contributed by atoms with van der Waals surface area (Å²) in [7, 11) is 0. The zero-order valence-electron chi connectivity index (χ0n) is 11.1. The summed E-state index contributed by atoms with van der Waals surface area (Å²) in [4.78, 5) is 4.51. The first-order valence-electron chi connectivity index (χ1n) is 6.68. The van der Waals surface area contributed by atoms with E-state index in [1.54, 1.807) is 11.3 Å². The van der Waals surface area contributed by atoms with Gasteiger partial charge in [0.2, 0.25) is 0 Å². The van der Waals surface area contributed by atoms with E-state index in [4.69, 9.17) is 4.74 Å². The van der Waals surface area contributed by atoms with Crippen molar-refractivity contribution >= 4 is 17.0 Å². The van der Waals surface area contributed by atoms with Gasteiger partial charge in [-0.2, -0.15) is 0 Å². The highest BCUT2D eigenvalue weighted by Gasteiger charge is 2.13. The van der Waals surface area contributed by atoms with Crippen LogP contribution in [0.1, 0.15) is 17.8 Å². The molecule has 0 saturated carbocycles. The maximum Gasteiger partial charge on any atom is 0.0901 e. The molecule has 19 heavy (non-hydrogen) atoms. The molecule has 0 bridgehead atoms. The van der Waals surface area contributed by atoms with Gasteiger partial charge < -0.3 is 10.1 Å². The quantitative estimate of drug-likeness (QED) is 0.926. The Kier molecular flexibility index (Phi) is 3.80. The molecular formula is C15H18N2OS. The van der Waals surface area contributed by atoms with E-state index in [1.807, 2.05) is 6.92 Å². The third-order valence-corrected chi connectivity index (χ3v) is 4.17. The van der Waals surface area contributed by atoms with Gasteiger partial charge in [0.1, 0.15) is 0 Å². The molecule has 2 heterocycles. The Morgan fingerprint density at radius 2 is 1.95 bits per heavy atom. The number of rotatable bonds is 3. The van der Waals surface area contributed by atoms with Gasteiger partial charge in [0.05, 0.1) is 10.7 Å². The maximum atomic E-state index is 5.37. The fraction of sp³-hybridized carbons (Fsp3) is 0.400. The van der Waals surface area contributed by atoms with Crippen LogP contribution in [0.5, 0.6) is 0 Å². The Hall–Kier alpha value is -1.39. The van der Waals surface area contributed by atoms with Crippen molar-refractivity contribution in [2.24, 2.45) is 0 Å². The number of anilines is 1. The number of ether oxygens (including phenoxy) is 1. The minimum Gasteiger partial charge on any atom is -0.382 e. The van der Waals surface area contributed by atoms with Crippen molar-refractivity contribution in [3.05, 3.63) is 34.7 Å². The van der Waals surface area contributed by atoms with Gasteiger partial charge in [-0.15, -0.1) is 11.3 Å². The third-order valence-electron chi connectivity index (χ3n) is 3.39. The molecule has 0 amide bonds. The summed E-state index contributed by atoms with van der Waals surface area (Å²) in [6.07, 6.45) is 2.18. The molecule has 3 rings (SSSR count). The van der Waals surface area contributed by atoms with E-state index in [-0.39, 0.29) is 0 Å². The Labute approximate surface area is 117 Å². The van der Waals surface area contributed by atoms with Gasteiger partial charge in [0.25, 0.3) is 0 Å². The minimum absolute atomic E-state index is 0.543. The second kappa shape index (κ2) is 5.72.